The molecule has 1 aliphatic heterocycles. The number of thiophene rings is 1. The van der Waals surface area contributed by atoms with Crippen LogP contribution in [0, 0.1) is 6.92 Å². The molecule has 0 atom stereocenters. The molecule has 1 amide bonds. The van der Waals surface area contributed by atoms with E-state index in [2.05, 4.69) is 27.0 Å². The number of hydrogen-bond donors (Lipinski definition) is 1. The van der Waals surface area contributed by atoms with Gasteiger partial charge in [0.15, 0.2) is 0 Å². The highest BCUT2D eigenvalue weighted by Gasteiger charge is 2.22. The van der Waals surface area contributed by atoms with Gasteiger partial charge in [-0.1, -0.05) is 19.3 Å². The zero-order valence-electron chi connectivity index (χ0n) is 17.4. The molecule has 2 aliphatic rings. The molecule has 6 nitrogen and oxygen atoms in total. The van der Waals surface area contributed by atoms with Gasteiger partial charge in [0.2, 0.25) is 0 Å². The fourth-order valence-electron chi connectivity index (χ4n) is 4.53. The lowest BCUT2D eigenvalue weighted by Gasteiger charge is -2.28. The zero-order valence-corrected chi connectivity index (χ0v) is 18.2. The third kappa shape index (κ3) is 3.84. The molecule has 0 radical (unpaired) electrons. The van der Waals surface area contributed by atoms with Crippen LogP contribution in [-0.2, 0) is 4.74 Å². The van der Waals surface area contributed by atoms with E-state index in [-0.39, 0.29) is 5.91 Å². The van der Waals surface area contributed by atoms with Crippen LogP contribution >= 0.6 is 11.3 Å². The summed E-state index contributed by atoms with van der Waals surface area (Å²) in [6, 6.07) is 10.6. The molecule has 0 bridgehead atoms. The van der Waals surface area contributed by atoms with Gasteiger partial charge in [-0.2, -0.15) is 5.10 Å². The molecule has 0 unspecified atom stereocenters. The van der Waals surface area contributed by atoms with Gasteiger partial charge in [-0.15, -0.1) is 11.3 Å². The van der Waals surface area contributed by atoms with E-state index in [4.69, 9.17) is 9.84 Å². The van der Waals surface area contributed by atoms with Gasteiger partial charge >= 0.3 is 0 Å². The Labute approximate surface area is 180 Å². The monoisotopic (exact) mass is 424 g/mol. The van der Waals surface area contributed by atoms with Crippen LogP contribution in [0.1, 0.15) is 53.5 Å². The SMILES string of the molecule is Cc1nn(C2CCCCC2)c2sc(C(=O)Nc3ccc(N4CCOCC4)cc3)cc12. The van der Waals surface area contributed by atoms with Gasteiger partial charge in [-0.25, -0.2) is 0 Å². The molecule has 1 saturated carbocycles. The molecule has 1 N–H and O–H groups in total. The maximum atomic E-state index is 12.9. The number of amides is 1. The van der Waals surface area contributed by atoms with Gasteiger partial charge < -0.3 is 15.0 Å². The number of nitrogens with one attached hydrogen (secondary N) is 1. The van der Waals surface area contributed by atoms with Crippen molar-refractivity contribution < 1.29 is 9.53 Å². The molecule has 5 rings (SSSR count). The van der Waals surface area contributed by atoms with Gasteiger partial charge in [-0.05, 0) is 50.1 Å². The minimum absolute atomic E-state index is 0.0510. The fourth-order valence-corrected chi connectivity index (χ4v) is 5.66. The van der Waals surface area contributed by atoms with E-state index < -0.39 is 0 Å². The maximum absolute atomic E-state index is 12.9. The first-order chi connectivity index (χ1) is 14.7. The van der Waals surface area contributed by atoms with E-state index in [0.717, 1.165) is 52.8 Å². The Hall–Kier alpha value is -2.38. The average molecular weight is 425 g/mol. The summed E-state index contributed by atoms with van der Waals surface area (Å²) in [5, 5.41) is 8.96. The minimum atomic E-state index is -0.0510. The van der Waals surface area contributed by atoms with Gasteiger partial charge in [0.1, 0.15) is 4.83 Å². The third-order valence-electron chi connectivity index (χ3n) is 6.21. The summed E-state index contributed by atoms with van der Waals surface area (Å²) in [7, 11) is 0. The number of morpholine rings is 1. The number of rotatable bonds is 4. The van der Waals surface area contributed by atoms with E-state index in [9.17, 15) is 4.79 Å². The van der Waals surface area contributed by atoms with Crippen LogP contribution in [0.5, 0.6) is 0 Å². The molecule has 1 saturated heterocycles. The number of ether oxygens (including phenoxy) is 1. The van der Waals surface area contributed by atoms with Gasteiger partial charge in [0, 0.05) is 29.9 Å². The van der Waals surface area contributed by atoms with Crippen LogP contribution in [0.3, 0.4) is 0 Å². The fraction of sp³-hybridized carbons (Fsp3) is 0.478. The molecule has 1 aromatic carbocycles. The zero-order chi connectivity index (χ0) is 20.5. The van der Waals surface area contributed by atoms with Crippen molar-refractivity contribution in [3.05, 3.63) is 40.9 Å². The summed E-state index contributed by atoms with van der Waals surface area (Å²) in [5.41, 5.74) is 3.00. The van der Waals surface area contributed by atoms with Crippen molar-refractivity contribution >= 4 is 38.8 Å². The summed E-state index contributed by atoms with van der Waals surface area (Å²) >= 11 is 1.56. The van der Waals surface area contributed by atoms with Gasteiger partial charge in [0.05, 0.1) is 29.8 Å². The van der Waals surface area contributed by atoms with Crippen LogP contribution in [0.25, 0.3) is 10.2 Å². The van der Waals surface area contributed by atoms with E-state index in [0.29, 0.717) is 6.04 Å². The normalized spacial score (nSPS) is 18.1. The summed E-state index contributed by atoms with van der Waals surface area (Å²) in [5.74, 6) is -0.0510. The minimum Gasteiger partial charge on any atom is -0.378 e. The van der Waals surface area contributed by atoms with E-state index in [1.165, 1.54) is 37.8 Å². The van der Waals surface area contributed by atoms with Crippen LogP contribution in [-0.4, -0.2) is 42.0 Å². The van der Waals surface area contributed by atoms with Crippen molar-refractivity contribution in [1.29, 1.82) is 0 Å². The lowest BCUT2D eigenvalue weighted by atomic mass is 9.96. The molecule has 158 valence electrons. The van der Waals surface area contributed by atoms with Crippen molar-refractivity contribution in [2.75, 3.05) is 36.5 Å². The number of carbonyl (C=O) groups excluding carboxylic acids is 1. The maximum Gasteiger partial charge on any atom is 0.265 e. The van der Waals surface area contributed by atoms with Gasteiger partial charge in [0.25, 0.3) is 5.91 Å². The second-order valence-electron chi connectivity index (χ2n) is 8.25. The molecule has 7 heteroatoms. The van der Waals surface area contributed by atoms with Crippen LogP contribution in [0.4, 0.5) is 11.4 Å². The molecule has 3 heterocycles. The standard InChI is InChI=1S/C23H28N4O2S/c1-16-20-15-21(30-23(20)27(25-16)19-5-3-2-4-6-19)22(28)24-17-7-9-18(10-8-17)26-11-13-29-14-12-26/h7-10,15,19H,2-6,11-14H2,1H3,(H,24,28). The lowest BCUT2D eigenvalue weighted by Crippen LogP contribution is -2.36. The topological polar surface area (TPSA) is 59.4 Å². The van der Waals surface area contributed by atoms with Crippen molar-refractivity contribution in [2.24, 2.45) is 0 Å². The predicted octanol–water partition coefficient (Wildman–Crippen LogP) is 5.00. The number of nitrogens with zero attached hydrogens (tertiary/aromatic N) is 3. The predicted molar refractivity (Wildman–Crippen MR) is 122 cm³/mol. The summed E-state index contributed by atoms with van der Waals surface area (Å²) in [6.07, 6.45) is 6.23. The van der Waals surface area contributed by atoms with E-state index in [1.807, 2.05) is 25.1 Å². The Balaban J connectivity index is 1.32. The van der Waals surface area contributed by atoms with Gasteiger partial charge in [-0.3, -0.25) is 9.48 Å². The number of carbonyl (C=O) groups is 1. The third-order valence-corrected chi connectivity index (χ3v) is 7.34. The van der Waals surface area contributed by atoms with Crippen molar-refractivity contribution in [3.63, 3.8) is 0 Å². The number of fused-ring (bicyclic) bond motifs is 1. The average Bonchev–Trinajstić information content (AvgIpc) is 3.36. The summed E-state index contributed by atoms with van der Waals surface area (Å²) in [6.45, 7) is 5.39. The lowest BCUT2D eigenvalue weighted by molar-refractivity contribution is 0.103. The largest absolute Gasteiger partial charge is 0.378 e. The van der Waals surface area contributed by atoms with E-state index in [1.54, 1.807) is 11.3 Å². The highest BCUT2D eigenvalue weighted by molar-refractivity contribution is 7.20. The Morgan fingerprint density at radius 2 is 1.87 bits per heavy atom. The summed E-state index contributed by atoms with van der Waals surface area (Å²) in [4.78, 5) is 17.1. The number of aromatic nitrogens is 2. The smallest absolute Gasteiger partial charge is 0.265 e. The van der Waals surface area contributed by atoms with Crippen LogP contribution < -0.4 is 10.2 Å². The Morgan fingerprint density at radius 1 is 1.13 bits per heavy atom. The number of hydrogen-bond acceptors (Lipinski definition) is 5. The Morgan fingerprint density at radius 3 is 2.60 bits per heavy atom. The molecule has 2 fully saturated rings. The number of benzene rings is 1. The molecule has 30 heavy (non-hydrogen) atoms. The second kappa shape index (κ2) is 8.40. The van der Waals surface area contributed by atoms with Crippen molar-refractivity contribution in [1.82, 2.24) is 9.78 Å². The second-order valence-corrected chi connectivity index (χ2v) is 9.28. The van der Waals surface area contributed by atoms with Crippen LogP contribution in [0.2, 0.25) is 0 Å². The van der Waals surface area contributed by atoms with Crippen LogP contribution in [0.15, 0.2) is 30.3 Å². The van der Waals surface area contributed by atoms with Crippen molar-refractivity contribution in [3.8, 4) is 0 Å². The first-order valence-corrected chi connectivity index (χ1v) is 11.7. The Bertz CT molecular complexity index is 1030. The molecular formula is C23H28N4O2S. The molecule has 0 spiro atoms. The highest BCUT2D eigenvalue weighted by atomic mass is 32.1. The number of anilines is 2. The Kier molecular flexibility index (Phi) is 5.48. The highest BCUT2D eigenvalue weighted by Crippen LogP contribution is 2.35. The van der Waals surface area contributed by atoms with E-state index >= 15 is 0 Å². The quantitative estimate of drug-likeness (QED) is 0.640. The number of aryl methyl sites for hydroxylation is 1. The summed E-state index contributed by atoms with van der Waals surface area (Å²) < 4.78 is 7.60. The van der Waals surface area contributed by atoms with Crippen molar-refractivity contribution in [2.45, 2.75) is 45.1 Å². The molecule has 2 aromatic heterocycles. The molecular weight excluding hydrogens is 396 g/mol. The molecule has 1 aliphatic carbocycles. The first kappa shape index (κ1) is 19.6. The first-order valence-electron chi connectivity index (χ1n) is 10.9. The molecule has 3 aromatic rings.